The number of ether oxygens (including phenoxy) is 1. The van der Waals surface area contributed by atoms with E-state index in [9.17, 15) is 14.7 Å². The predicted octanol–water partition coefficient (Wildman–Crippen LogP) is 1.79. The van der Waals surface area contributed by atoms with Gasteiger partial charge in [-0.15, -0.1) is 0 Å². The Morgan fingerprint density at radius 2 is 2.14 bits per heavy atom. The molecule has 2 aliphatic rings. The van der Waals surface area contributed by atoms with Crippen LogP contribution in [0.3, 0.4) is 0 Å². The maximum absolute atomic E-state index is 12.7. The topological polar surface area (TPSA) is 70.1 Å². The van der Waals surface area contributed by atoms with E-state index in [1.54, 1.807) is 4.90 Å². The van der Waals surface area contributed by atoms with Gasteiger partial charge in [-0.25, -0.2) is 9.59 Å². The number of carbonyl (C=O) groups is 2. The molecule has 2 aliphatic heterocycles. The molecule has 2 saturated heterocycles. The van der Waals surface area contributed by atoms with Gasteiger partial charge in [-0.2, -0.15) is 0 Å². The fourth-order valence-electron chi connectivity index (χ4n) is 3.16. The summed E-state index contributed by atoms with van der Waals surface area (Å²) in [6, 6.07) is -0.855. The molecular formula is C15H26N2O4. The number of hydrogen-bond acceptors (Lipinski definition) is 3. The van der Waals surface area contributed by atoms with Gasteiger partial charge < -0.3 is 19.6 Å². The van der Waals surface area contributed by atoms with Crippen molar-refractivity contribution >= 4 is 12.0 Å². The lowest BCUT2D eigenvalue weighted by molar-refractivity contribution is -0.144. The molecule has 2 amide bonds. The largest absolute Gasteiger partial charge is 0.480 e. The molecule has 0 aromatic heterocycles. The van der Waals surface area contributed by atoms with Crippen molar-refractivity contribution in [2.45, 2.75) is 51.7 Å². The molecule has 0 spiro atoms. The summed E-state index contributed by atoms with van der Waals surface area (Å²) in [4.78, 5) is 27.4. The maximum Gasteiger partial charge on any atom is 0.326 e. The summed E-state index contributed by atoms with van der Waals surface area (Å²) in [5.41, 5.74) is 0. The first-order valence-corrected chi connectivity index (χ1v) is 7.92. The lowest BCUT2D eigenvalue weighted by Gasteiger charge is -2.39. The zero-order valence-electron chi connectivity index (χ0n) is 13.0. The smallest absolute Gasteiger partial charge is 0.326 e. The number of carbonyl (C=O) groups excluding carboxylic acids is 1. The third-order valence-electron chi connectivity index (χ3n) is 4.50. The highest BCUT2D eigenvalue weighted by Gasteiger charge is 2.37. The van der Waals surface area contributed by atoms with E-state index in [0.717, 1.165) is 25.9 Å². The Hall–Kier alpha value is -1.30. The summed E-state index contributed by atoms with van der Waals surface area (Å²) in [5, 5.41) is 9.38. The highest BCUT2D eigenvalue weighted by molar-refractivity contribution is 5.83. The zero-order valence-corrected chi connectivity index (χ0v) is 13.0. The number of amides is 2. The fourth-order valence-corrected chi connectivity index (χ4v) is 3.16. The summed E-state index contributed by atoms with van der Waals surface area (Å²) in [5.74, 6) is -0.550. The van der Waals surface area contributed by atoms with E-state index in [0.29, 0.717) is 32.0 Å². The van der Waals surface area contributed by atoms with Gasteiger partial charge in [0.05, 0.1) is 6.10 Å². The molecule has 6 nitrogen and oxygen atoms in total. The Bertz CT molecular complexity index is 382. The minimum atomic E-state index is -0.900. The lowest BCUT2D eigenvalue weighted by atomic mass is 9.92. The molecule has 0 aliphatic carbocycles. The van der Waals surface area contributed by atoms with Crippen molar-refractivity contribution in [1.29, 1.82) is 0 Å². The molecule has 0 bridgehead atoms. The number of urea groups is 1. The van der Waals surface area contributed by atoms with Crippen LogP contribution in [0.2, 0.25) is 0 Å². The van der Waals surface area contributed by atoms with Crippen LogP contribution < -0.4 is 0 Å². The molecule has 21 heavy (non-hydrogen) atoms. The van der Waals surface area contributed by atoms with E-state index in [1.165, 1.54) is 4.90 Å². The van der Waals surface area contributed by atoms with Crippen LogP contribution in [0.5, 0.6) is 0 Å². The number of rotatable bonds is 4. The molecule has 3 unspecified atom stereocenters. The van der Waals surface area contributed by atoms with Crippen LogP contribution in [0.25, 0.3) is 0 Å². The van der Waals surface area contributed by atoms with E-state index in [-0.39, 0.29) is 12.1 Å². The van der Waals surface area contributed by atoms with Crippen LogP contribution in [0.1, 0.15) is 39.5 Å². The Morgan fingerprint density at radius 3 is 2.71 bits per heavy atom. The molecule has 0 aromatic rings. The van der Waals surface area contributed by atoms with Crippen LogP contribution >= 0.6 is 0 Å². The monoisotopic (exact) mass is 298 g/mol. The predicted molar refractivity (Wildman–Crippen MR) is 78.1 cm³/mol. The molecule has 6 heteroatoms. The van der Waals surface area contributed by atoms with Crippen LogP contribution in [0, 0.1) is 5.92 Å². The molecule has 2 rings (SSSR count). The number of piperidine rings is 1. The average molecular weight is 298 g/mol. The van der Waals surface area contributed by atoms with Crippen molar-refractivity contribution in [2.24, 2.45) is 5.92 Å². The molecule has 2 fully saturated rings. The Kier molecular flexibility index (Phi) is 5.45. The van der Waals surface area contributed by atoms with Gasteiger partial charge in [-0.05, 0) is 38.5 Å². The van der Waals surface area contributed by atoms with Crippen molar-refractivity contribution in [3.05, 3.63) is 0 Å². The maximum atomic E-state index is 12.7. The molecule has 3 atom stereocenters. The molecule has 0 aromatic carbocycles. The third kappa shape index (κ3) is 3.87. The summed E-state index contributed by atoms with van der Waals surface area (Å²) in [7, 11) is 0. The molecule has 2 heterocycles. The van der Waals surface area contributed by atoms with Gasteiger partial charge in [0.1, 0.15) is 6.04 Å². The summed E-state index contributed by atoms with van der Waals surface area (Å²) >= 11 is 0. The van der Waals surface area contributed by atoms with Gasteiger partial charge in [0.15, 0.2) is 0 Å². The minimum absolute atomic E-state index is 0.0980. The molecule has 1 N–H and O–H groups in total. The van der Waals surface area contributed by atoms with E-state index in [4.69, 9.17) is 4.74 Å². The van der Waals surface area contributed by atoms with Gasteiger partial charge in [0.25, 0.3) is 0 Å². The second kappa shape index (κ2) is 7.11. The first-order chi connectivity index (χ1) is 10.0. The molecule has 0 saturated carbocycles. The lowest BCUT2D eigenvalue weighted by Crippen LogP contribution is -2.55. The number of carboxylic acids is 1. The number of aliphatic carboxylic acids is 1. The van der Waals surface area contributed by atoms with Gasteiger partial charge in [-0.3, -0.25) is 0 Å². The van der Waals surface area contributed by atoms with E-state index in [1.807, 2.05) is 13.8 Å². The van der Waals surface area contributed by atoms with Crippen molar-refractivity contribution in [1.82, 2.24) is 9.80 Å². The third-order valence-corrected chi connectivity index (χ3v) is 4.50. The number of likely N-dealkylation sites (tertiary alicyclic amines) is 1. The van der Waals surface area contributed by atoms with Crippen molar-refractivity contribution < 1.29 is 19.4 Å². The number of likely N-dealkylation sites (N-methyl/N-ethyl adjacent to an activating group) is 1. The van der Waals surface area contributed by atoms with Crippen molar-refractivity contribution in [3.63, 3.8) is 0 Å². The van der Waals surface area contributed by atoms with Crippen LogP contribution in [-0.4, -0.2) is 65.3 Å². The fraction of sp³-hybridized carbons (Fsp3) is 0.867. The Morgan fingerprint density at radius 1 is 1.38 bits per heavy atom. The van der Waals surface area contributed by atoms with E-state index >= 15 is 0 Å². The number of hydrogen-bond donors (Lipinski definition) is 1. The normalized spacial score (nSPS) is 29.4. The highest BCUT2D eigenvalue weighted by Crippen LogP contribution is 2.24. The van der Waals surface area contributed by atoms with Gasteiger partial charge >= 0.3 is 12.0 Å². The molecule has 120 valence electrons. The van der Waals surface area contributed by atoms with Gasteiger partial charge in [-0.1, -0.05) is 6.92 Å². The highest BCUT2D eigenvalue weighted by atomic mass is 16.5. The second-order valence-electron chi connectivity index (χ2n) is 6.13. The quantitative estimate of drug-likeness (QED) is 0.859. The summed E-state index contributed by atoms with van der Waals surface area (Å²) in [6.07, 6.45) is 3.52. The van der Waals surface area contributed by atoms with Crippen molar-refractivity contribution in [2.75, 3.05) is 26.2 Å². The second-order valence-corrected chi connectivity index (χ2v) is 6.13. The van der Waals surface area contributed by atoms with Crippen LogP contribution in [0.4, 0.5) is 4.79 Å². The van der Waals surface area contributed by atoms with Gasteiger partial charge in [0, 0.05) is 26.2 Å². The molecule has 0 radical (unpaired) electrons. The van der Waals surface area contributed by atoms with Gasteiger partial charge in [0.2, 0.25) is 0 Å². The minimum Gasteiger partial charge on any atom is -0.480 e. The Labute approximate surface area is 126 Å². The van der Waals surface area contributed by atoms with E-state index < -0.39 is 12.0 Å². The molecular weight excluding hydrogens is 272 g/mol. The first-order valence-electron chi connectivity index (χ1n) is 7.92. The van der Waals surface area contributed by atoms with E-state index in [2.05, 4.69) is 0 Å². The average Bonchev–Trinajstić information content (AvgIpc) is 2.97. The standard InChI is InChI=1S/C15H26N2O4/c1-3-16(10-12-5-4-8-21-12)15(20)17-7-6-11(2)9-13(17)14(18)19/h11-13H,3-10H2,1-2H3,(H,18,19). The summed E-state index contributed by atoms with van der Waals surface area (Å²) in [6.45, 7) is 6.40. The number of nitrogens with zero attached hydrogens (tertiary/aromatic N) is 2. The Balaban J connectivity index is 2.02. The van der Waals surface area contributed by atoms with Crippen molar-refractivity contribution in [3.8, 4) is 0 Å². The SMILES string of the molecule is CCN(CC1CCCO1)C(=O)N1CCC(C)CC1C(=O)O. The summed E-state index contributed by atoms with van der Waals surface area (Å²) < 4.78 is 5.59. The number of carboxylic acid groups (broad SMARTS) is 1. The van der Waals surface area contributed by atoms with Crippen LogP contribution in [-0.2, 0) is 9.53 Å². The van der Waals surface area contributed by atoms with Crippen LogP contribution in [0.15, 0.2) is 0 Å². The first kappa shape index (κ1) is 16.1. The zero-order chi connectivity index (χ0) is 15.4.